The summed E-state index contributed by atoms with van der Waals surface area (Å²) in [5, 5.41) is 1.17. The number of hydrogen-bond acceptors (Lipinski definition) is 4. The number of nitrogens with zero attached hydrogens (tertiary/aromatic N) is 3. The van der Waals surface area contributed by atoms with Crippen LogP contribution in [0.3, 0.4) is 0 Å². The zero-order valence-corrected chi connectivity index (χ0v) is 15.6. The molecule has 0 saturated carbocycles. The summed E-state index contributed by atoms with van der Waals surface area (Å²) in [6.07, 6.45) is 1.28. The molecule has 0 unspecified atom stereocenters. The van der Waals surface area contributed by atoms with Crippen molar-refractivity contribution in [2.45, 2.75) is 0 Å². The highest BCUT2D eigenvalue weighted by Crippen LogP contribution is 2.35. The van der Waals surface area contributed by atoms with Crippen LogP contribution < -0.4 is 0 Å². The van der Waals surface area contributed by atoms with E-state index in [0.717, 1.165) is 5.56 Å². The minimum absolute atomic E-state index is 0.125. The van der Waals surface area contributed by atoms with Gasteiger partial charge < -0.3 is 9.80 Å². The fraction of sp³-hybridized carbons (Fsp3) is 0.235. The van der Waals surface area contributed by atoms with Gasteiger partial charge >= 0.3 is 0 Å². The molecular weight excluding hydrogens is 381 g/mol. The lowest BCUT2D eigenvalue weighted by Crippen LogP contribution is -2.50. The quantitative estimate of drug-likeness (QED) is 0.746. The highest BCUT2D eigenvalue weighted by Gasteiger charge is 2.27. The van der Waals surface area contributed by atoms with Crippen molar-refractivity contribution >= 4 is 46.4 Å². The molecule has 1 aromatic carbocycles. The SMILES string of the molecule is C=CC(=O)N1CCN(C(=O)c2nc(-c3ccccc3Cl)sc2Cl)CC1. The van der Waals surface area contributed by atoms with Crippen molar-refractivity contribution in [3.63, 3.8) is 0 Å². The van der Waals surface area contributed by atoms with Gasteiger partial charge in [-0.05, 0) is 12.1 Å². The number of halogens is 2. The van der Waals surface area contributed by atoms with Gasteiger partial charge in [-0.25, -0.2) is 4.98 Å². The summed E-state index contributed by atoms with van der Waals surface area (Å²) in [7, 11) is 0. The van der Waals surface area contributed by atoms with E-state index >= 15 is 0 Å². The molecule has 0 bridgehead atoms. The Morgan fingerprint density at radius 3 is 2.40 bits per heavy atom. The van der Waals surface area contributed by atoms with Crippen LogP contribution in [0, 0.1) is 0 Å². The first-order chi connectivity index (χ1) is 12.0. The zero-order valence-electron chi connectivity index (χ0n) is 13.2. The van der Waals surface area contributed by atoms with E-state index < -0.39 is 0 Å². The molecule has 1 aliphatic heterocycles. The van der Waals surface area contributed by atoms with Gasteiger partial charge in [-0.15, -0.1) is 11.3 Å². The average Bonchev–Trinajstić information content (AvgIpc) is 3.02. The predicted octanol–water partition coefficient (Wildman–Crippen LogP) is 3.59. The largest absolute Gasteiger partial charge is 0.336 e. The highest BCUT2D eigenvalue weighted by molar-refractivity contribution is 7.19. The first-order valence-electron chi connectivity index (χ1n) is 7.63. The van der Waals surface area contributed by atoms with Crippen LogP contribution in [0.25, 0.3) is 10.6 Å². The van der Waals surface area contributed by atoms with E-state index in [1.54, 1.807) is 15.9 Å². The number of amides is 2. The number of piperazine rings is 1. The Labute approximate surface area is 159 Å². The standard InChI is InChI=1S/C17H15Cl2N3O2S/c1-2-13(23)21-7-9-22(10-8-21)17(24)14-15(19)25-16(20-14)11-5-3-4-6-12(11)18/h2-6H,1,7-10H2. The van der Waals surface area contributed by atoms with E-state index in [4.69, 9.17) is 23.2 Å². The van der Waals surface area contributed by atoms with Crippen molar-refractivity contribution in [3.05, 3.63) is 52.0 Å². The smallest absolute Gasteiger partial charge is 0.275 e. The van der Waals surface area contributed by atoms with Gasteiger partial charge in [-0.3, -0.25) is 9.59 Å². The first-order valence-corrected chi connectivity index (χ1v) is 9.20. The zero-order chi connectivity index (χ0) is 18.0. The summed E-state index contributed by atoms with van der Waals surface area (Å²) in [4.78, 5) is 32.1. The molecule has 0 atom stereocenters. The first kappa shape index (κ1) is 17.9. The minimum atomic E-state index is -0.231. The van der Waals surface area contributed by atoms with E-state index in [1.165, 1.54) is 17.4 Å². The Hall–Kier alpha value is -1.89. The molecule has 2 aromatic rings. The Bertz CT molecular complexity index is 829. The Morgan fingerprint density at radius 2 is 1.76 bits per heavy atom. The lowest BCUT2D eigenvalue weighted by atomic mass is 10.2. The number of aromatic nitrogens is 1. The van der Waals surface area contributed by atoms with Gasteiger partial charge in [0.2, 0.25) is 5.91 Å². The third kappa shape index (κ3) is 3.71. The number of carbonyl (C=O) groups is 2. The lowest BCUT2D eigenvalue weighted by Gasteiger charge is -2.33. The van der Waals surface area contributed by atoms with E-state index in [1.807, 2.05) is 18.2 Å². The molecule has 130 valence electrons. The number of rotatable bonds is 3. The Balaban J connectivity index is 1.77. The third-order valence-electron chi connectivity index (χ3n) is 3.95. The monoisotopic (exact) mass is 395 g/mol. The number of thiazole rings is 1. The van der Waals surface area contributed by atoms with Crippen molar-refractivity contribution in [2.75, 3.05) is 26.2 Å². The van der Waals surface area contributed by atoms with Gasteiger partial charge in [0.15, 0.2) is 5.69 Å². The summed E-state index contributed by atoms with van der Waals surface area (Å²) >= 11 is 13.7. The molecule has 1 aliphatic rings. The molecular formula is C17H15Cl2N3O2S. The molecule has 0 aliphatic carbocycles. The van der Waals surface area contributed by atoms with Gasteiger partial charge in [0.05, 0.1) is 5.02 Å². The summed E-state index contributed by atoms with van der Waals surface area (Å²) in [6, 6.07) is 7.29. The predicted molar refractivity (Wildman–Crippen MR) is 100 cm³/mol. The van der Waals surface area contributed by atoms with Crippen LogP contribution in [0.5, 0.6) is 0 Å². The summed E-state index contributed by atoms with van der Waals surface area (Å²) < 4.78 is 0.338. The van der Waals surface area contributed by atoms with Crippen LogP contribution in [-0.2, 0) is 4.79 Å². The van der Waals surface area contributed by atoms with Crippen LogP contribution in [0.4, 0.5) is 0 Å². The maximum absolute atomic E-state index is 12.7. The second-order valence-corrected chi connectivity index (χ2v) is 7.45. The molecule has 0 spiro atoms. The van der Waals surface area contributed by atoms with E-state index in [9.17, 15) is 9.59 Å². The van der Waals surface area contributed by atoms with Crippen LogP contribution in [-0.4, -0.2) is 52.8 Å². The summed E-state index contributed by atoms with van der Waals surface area (Å²) in [5.41, 5.74) is 0.974. The number of hydrogen-bond donors (Lipinski definition) is 0. The van der Waals surface area contributed by atoms with Crippen LogP contribution in [0.2, 0.25) is 9.36 Å². The van der Waals surface area contributed by atoms with Crippen molar-refractivity contribution < 1.29 is 9.59 Å². The molecule has 2 amide bonds. The molecule has 25 heavy (non-hydrogen) atoms. The summed E-state index contributed by atoms with van der Waals surface area (Å²) in [6.45, 7) is 5.29. The van der Waals surface area contributed by atoms with Gasteiger partial charge in [-0.2, -0.15) is 0 Å². The van der Waals surface area contributed by atoms with E-state index in [0.29, 0.717) is 40.5 Å². The molecule has 1 aromatic heterocycles. The fourth-order valence-corrected chi connectivity index (χ4v) is 4.04. The van der Waals surface area contributed by atoms with E-state index in [-0.39, 0.29) is 17.5 Å². The molecule has 3 rings (SSSR count). The second-order valence-electron chi connectivity index (χ2n) is 5.44. The maximum Gasteiger partial charge on any atom is 0.275 e. The molecule has 8 heteroatoms. The van der Waals surface area contributed by atoms with Crippen LogP contribution >= 0.6 is 34.5 Å². The Kier molecular flexibility index (Phi) is 5.42. The second kappa shape index (κ2) is 7.56. The van der Waals surface area contributed by atoms with Gasteiger partial charge in [-0.1, -0.05) is 48.0 Å². The van der Waals surface area contributed by atoms with Crippen LogP contribution in [0.1, 0.15) is 10.5 Å². The average molecular weight is 396 g/mol. The van der Waals surface area contributed by atoms with Gasteiger partial charge in [0.25, 0.3) is 5.91 Å². The molecule has 0 N–H and O–H groups in total. The van der Waals surface area contributed by atoms with Gasteiger partial charge in [0, 0.05) is 31.7 Å². The lowest BCUT2D eigenvalue weighted by molar-refractivity contribution is -0.127. The number of carbonyl (C=O) groups excluding carboxylic acids is 2. The molecule has 2 heterocycles. The molecule has 0 radical (unpaired) electrons. The maximum atomic E-state index is 12.7. The number of benzene rings is 1. The third-order valence-corrected chi connectivity index (χ3v) is 5.56. The highest BCUT2D eigenvalue weighted by atomic mass is 35.5. The fourth-order valence-electron chi connectivity index (χ4n) is 2.59. The van der Waals surface area contributed by atoms with Gasteiger partial charge in [0.1, 0.15) is 9.34 Å². The topological polar surface area (TPSA) is 53.5 Å². The molecule has 1 fully saturated rings. The normalized spacial score (nSPS) is 14.5. The van der Waals surface area contributed by atoms with Crippen molar-refractivity contribution in [1.82, 2.24) is 14.8 Å². The summed E-state index contributed by atoms with van der Waals surface area (Å²) in [5.74, 6) is -0.356. The Morgan fingerprint density at radius 1 is 1.12 bits per heavy atom. The van der Waals surface area contributed by atoms with E-state index in [2.05, 4.69) is 11.6 Å². The van der Waals surface area contributed by atoms with Crippen molar-refractivity contribution in [2.24, 2.45) is 0 Å². The van der Waals surface area contributed by atoms with Crippen LogP contribution in [0.15, 0.2) is 36.9 Å². The minimum Gasteiger partial charge on any atom is -0.336 e. The van der Waals surface area contributed by atoms with Crippen molar-refractivity contribution in [1.29, 1.82) is 0 Å². The molecule has 5 nitrogen and oxygen atoms in total. The molecule has 1 saturated heterocycles. The van der Waals surface area contributed by atoms with Crippen molar-refractivity contribution in [3.8, 4) is 10.6 Å².